The van der Waals surface area contributed by atoms with Gasteiger partial charge in [0.25, 0.3) is 5.89 Å². The number of nitrogens with one attached hydrogen (secondary N) is 1. The SMILES string of the molecule is COc1ccc(NC(=O)Cn2cccc2-c2nc(-c3ccc(Cl)cc3)no2)c(OC)c1. The number of carbonyl (C=O) groups excluding carboxylic acids is 1. The molecule has 0 aliphatic rings. The van der Waals surface area contributed by atoms with E-state index in [4.69, 9.17) is 25.6 Å². The molecular formula is C22H19ClN4O4. The summed E-state index contributed by atoms with van der Waals surface area (Å²) in [4.78, 5) is 17.1. The van der Waals surface area contributed by atoms with Gasteiger partial charge in [0.1, 0.15) is 23.7 Å². The Morgan fingerprint density at radius 3 is 2.68 bits per heavy atom. The molecule has 1 N–H and O–H groups in total. The van der Waals surface area contributed by atoms with E-state index in [1.165, 1.54) is 7.11 Å². The Bertz CT molecular complexity index is 1200. The second-order valence-electron chi connectivity index (χ2n) is 6.57. The zero-order valence-corrected chi connectivity index (χ0v) is 17.6. The quantitative estimate of drug-likeness (QED) is 0.456. The highest BCUT2D eigenvalue weighted by Crippen LogP contribution is 2.29. The first-order valence-corrected chi connectivity index (χ1v) is 9.72. The fourth-order valence-corrected chi connectivity index (χ4v) is 3.16. The molecule has 31 heavy (non-hydrogen) atoms. The third-order valence-corrected chi connectivity index (χ3v) is 4.83. The summed E-state index contributed by atoms with van der Waals surface area (Å²) in [6.07, 6.45) is 1.77. The molecular weight excluding hydrogens is 420 g/mol. The lowest BCUT2D eigenvalue weighted by Crippen LogP contribution is -2.19. The summed E-state index contributed by atoms with van der Waals surface area (Å²) in [6, 6.07) is 15.9. The van der Waals surface area contributed by atoms with E-state index in [1.807, 2.05) is 18.2 Å². The molecule has 2 aromatic heterocycles. The molecule has 9 heteroatoms. The van der Waals surface area contributed by atoms with E-state index in [1.54, 1.807) is 54.3 Å². The molecule has 0 aliphatic carbocycles. The Kier molecular flexibility index (Phi) is 5.90. The molecule has 2 heterocycles. The molecule has 4 aromatic rings. The number of hydrogen-bond acceptors (Lipinski definition) is 6. The van der Waals surface area contributed by atoms with Crippen LogP contribution in [-0.2, 0) is 11.3 Å². The van der Waals surface area contributed by atoms with E-state index in [0.717, 1.165) is 5.56 Å². The van der Waals surface area contributed by atoms with E-state index in [2.05, 4.69) is 15.5 Å². The number of rotatable bonds is 7. The average Bonchev–Trinajstić information content (AvgIpc) is 3.44. The van der Waals surface area contributed by atoms with Crippen molar-refractivity contribution in [1.82, 2.24) is 14.7 Å². The van der Waals surface area contributed by atoms with Gasteiger partial charge >= 0.3 is 0 Å². The third kappa shape index (κ3) is 4.54. The van der Waals surface area contributed by atoms with Crippen LogP contribution in [0.15, 0.2) is 65.3 Å². The molecule has 0 unspecified atom stereocenters. The molecule has 2 aromatic carbocycles. The maximum atomic E-state index is 12.6. The largest absolute Gasteiger partial charge is 0.497 e. The summed E-state index contributed by atoms with van der Waals surface area (Å²) < 4.78 is 17.6. The molecule has 0 spiro atoms. The Hall–Kier alpha value is -3.78. The predicted molar refractivity (Wildman–Crippen MR) is 116 cm³/mol. The fraction of sp³-hybridized carbons (Fsp3) is 0.136. The van der Waals surface area contributed by atoms with Crippen LogP contribution in [0.3, 0.4) is 0 Å². The average molecular weight is 439 g/mol. The number of methoxy groups -OCH3 is 2. The normalized spacial score (nSPS) is 10.7. The smallest absolute Gasteiger partial charge is 0.274 e. The maximum Gasteiger partial charge on any atom is 0.274 e. The molecule has 1 amide bonds. The van der Waals surface area contributed by atoms with E-state index in [0.29, 0.717) is 39.6 Å². The number of aromatic nitrogens is 3. The van der Waals surface area contributed by atoms with Crippen molar-refractivity contribution in [3.05, 3.63) is 65.8 Å². The van der Waals surface area contributed by atoms with Crippen LogP contribution >= 0.6 is 11.6 Å². The van der Waals surface area contributed by atoms with Crippen molar-refractivity contribution in [1.29, 1.82) is 0 Å². The molecule has 0 saturated carbocycles. The van der Waals surface area contributed by atoms with Gasteiger partial charge in [-0.1, -0.05) is 16.8 Å². The van der Waals surface area contributed by atoms with Crippen molar-refractivity contribution in [2.45, 2.75) is 6.54 Å². The zero-order valence-electron chi connectivity index (χ0n) is 16.8. The lowest BCUT2D eigenvalue weighted by Gasteiger charge is -2.12. The van der Waals surface area contributed by atoms with Gasteiger partial charge in [0.05, 0.1) is 19.9 Å². The predicted octanol–water partition coefficient (Wildman–Crippen LogP) is 4.51. The van der Waals surface area contributed by atoms with Crippen molar-refractivity contribution < 1.29 is 18.8 Å². The topological polar surface area (TPSA) is 91.4 Å². The van der Waals surface area contributed by atoms with Crippen LogP contribution < -0.4 is 14.8 Å². The first-order valence-electron chi connectivity index (χ1n) is 9.34. The van der Waals surface area contributed by atoms with Crippen LogP contribution in [-0.4, -0.2) is 34.8 Å². The van der Waals surface area contributed by atoms with Crippen LogP contribution in [0.5, 0.6) is 11.5 Å². The van der Waals surface area contributed by atoms with Crippen LogP contribution in [0.4, 0.5) is 5.69 Å². The van der Waals surface area contributed by atoms with Crippen molar-refractivity contribution in [2.75, 3.05) is 19.5 Å². The molecule has 0 atom stereocenters. The summed E-state index contributed by atoms with van der Waals surface area (Å²) in [5.41, 5.74) is 1.95. The summed E-state index contributed by atoms with van der Waals surface area (Å²) >= 11 is 5.93. The molecule has 8 nitrogen and oxygen atoms in total. The number of anilines is 1. The van der Waals surface area contributed by atoms with Crippen molar-refractivity contribution >= 4 is 23.2 Å². The first kappa shape index (κ1) is 20.5. The van der Waals surface area contributed by atoms with Gasteiger partial charge in [-0.2, -0.15) is 4.98 Å². The van der Waals surface area contributed by atoms with Gasteiger partial charge in [0.15, 0.2) is 0 Å². The standard InChI is InChI=1S/C22H19ClN4O4/c1-29-16-9-10-17(19(12-16)30-2)24-20(28)13-27-11-3-4-18(27)22-25-21(26-31-22)14-5-7-15(23)8-6-14/h3-12H,13H2,1-2H3,(H,24,28). The highest BCUT2D eigenvalue weighted by Gasteiger charge is 2.16. The van der Waals surface area contributed by atoms with Gasteiger partial charge in [-0.3, -0.25) is 4.79 Å². The Morgan fingerprint density at radius 1 is 1.13 bits per heavy atom. The van der Waals surface area contributed by atoms with Crippen LogP contribution in [0.1, 0.15) is 0 Å². The number of benzene rings is 2. The van der Waals surface area contributed by atoms with Crippen LogP contribution in [0.25, 0.3) is 23.0 Å². The van der Waals surface area contributed by atoms with Crippen molar-refractivity contribution in [3.8, 4) is 34.5 Å². The summed E-state index contributed by atoms with van der Waals surface area (Å²) in [6.45, 7) is 0.0518. The summed E-state index contributed by atoms with van der Waals surface area (Å²) in [7, 11) is 3.10. The van der Waals surface area contributed by atoms with Gasteiger partial charge in [-0.25, -0.2) is 0 Å². The molecule has 0 aliphatic heterocycles. The zero-order chi connectivity index (χ0) is 21.8. The molecule has 0 fully saturated rings. The molecule has 0 saturated heterocycles. The minimum Gasteiger partial charge on any atom is -0.497 e. The Morgan fingerprint density at radius 2 is 1.94 bits per heavy atom. The first-order chi connectivity index (χ1) is 15.1. The molecule has 0 radical (unpaired) electrons. The highest BCUT2D eigenvalue weighted by atomic mass is 35.5. The highest BCUT2D eigenvalue weighted by molar-refractivity contribution is 6.30. The van der Waals surface area contributed by atoms with Crippen molar-refractivity contribution in [3.63, 3.8) is 0 Å². The van der Waals surface area contributed by atoms with Gasteiger partial charge in [-0.05, 0) is 48.5 Å². The van der Waals surface area contributed by atoms with Crippen LogP contribution in [0.2, 0.25) is 5.02 Å². The molecule has 4 rings (SSSR count). The number of hydrogen-bond donors (Lipinski definition) is 1. The van der Waals surface area contributed by atoms with E-state index in [-0.39, 0.29) is 12.5 Å². The van der Waals surface area contributed by atoms with Gasteiger partial charge in [0.2, 0.25) is 11.7 Å². The third-order valence-electron chi connectivity index (χ3n) is 4.57. The Balaban J connectivity index is 1.50. The minimum atomic E-state index is -0.238. The minimum absolute atomic E-state index is 0.0518. The fourth-order valence-electron chi connectivity index (χ4n) is 3.04. The van der Waals surface area contributed by atoms with Crippen LogP contribution in [0, 0.1) is 0 Å². The van der Waals surface area contributed by atoms with E-state index >= 15 is 0 Å². The lowest BCUT2D eigenvalue weighted by atomic mass is 10.2. The molecule has 158 valence electrons. The number of ether oxygens (including phenoxy) is 2. The lowest BCUT2D eigenvalue weighted by molar-refractivity contribution is -0.116. The van der Waals surface area contributed by atoms with E-state index < -0.39 is 0 Å². The van der Waals surface area contributed by atoms with Gasteiger partial charge in [0, 0.05) is 22.8 Å². The second-order valence-corrected chi connectivity index (χ2v) is 7.00. The van der Waals surface area contributed by atoms with Crippen molar-refractivity contribution in [2.24, 2.45) is 0 Å². The second kappa shape index (κ2) is 8.93. The summed E-state index contributed by atoms with van der Waals surface area (Å²) in [5, 5.41) is 7.50. The number of amides is 1. The monoisotopic (exact) mass is 438 g/mol. The number of carbonyl (C=O) groups is 1. The van der Waals surface area contributed by atoms with Gasteiger partial charge < -0.3 is 23.9 Å². The summed E-state index contributed by atoms with van der Waals surface area (Å²) in [5.74, 6) is 1.65. The number of nitrogens with zero attached hydrogens (tertiary/aromatic N) is 3. The van der Waals surface area contributed by atoms with E-state index in [9.17, 15) is 4.79 Å². The Labute approximate surface area is 183 Å². The van der Waals surface area contributed by atoms with Gasteiger partial charge in [-0.15, -0.1) is 0 Å². The maximum absolute atomic E-state index is 12.6. The number of halogens is 1. The molecule has 0 bridgehead atoms.